The molecule has 0 aliphatic carbocycles. The fourth-order valence-corrected chi connectivity index (χ4v) is 0.346. The Kier molecular flexibility index (Phi) is 3.86. The summed E-state index contributed by atoms with van der Waals surface area (Å²) in [5, 5.41) is 0. The average molecular weight is 137 g/mol. The van der Waals surface area contributed by atoms with E-state index in [1.165, 1.54) is 0 Å². The number of allylic oxidation sites excluding steroid dienone is 2. The molecular weight excluding hydrogens is 131 g/mol. The predicted molar refractivity (Wildman–Crippen MR) is 24.2 cm³/mol. The summed E-state index contributed by atoms with van der Waals surface area (Å²) in [5.41, 5.74) is 0. The maximum atomic E-state index is 4.80. The van der Waals surface area contributed by atoms with Crippen LogP contribution in [0.3, 0.4) is 0 Å². The molecule has 0 aromatic heterocycles. The molecule has 0 fully saturated rings. The van der Waals surface area contributed by atoms with Crippen LogP contribution in [0.5, 0.6) is 0 Å². The average Bonchev–Trinajstić information content (AvgIpc) is 1.72. The zero-order valence-electron chi connectivity index (χ0n) is 3.80. The van der Waals surface area contributed by atoms with Crippen LogP contribution in [0.25, 0.3) is 0 Å². The van der Waals surface area contributed by atoms with Gasteiger partial charge in [-0.25, -0.2) is 0 Å². The minimum atomic E-state index is 0. The van der Waals surface area contributed by atoms with Crippen LogP contribution in [0.1, 0.15) is 0 Å². The molecule has 36 valence electrons. The monoisotopic (exact) mass is 137 g/mol. The summed E-state index contributed by atoms with van der Waals surface area (Å²) in [6.45, 7) is 0.733. The first-order chi connectivity index (χ1) is 3.00. The van der Waals surface area contributed by atoms with E-state index in [4.69, 9.17) is 4.74 Å². The second-order valence-corrected chi connectivity index (χ2v) is 1.09. The van der Waals surface area contributed by atoms with Gasteiger partial charge in [0.25, 0.3) is 0 Å². The second kappa shape index (κ2) is 3.97. The van der Waals surface area contributed by atoms with Gasteiger partial charge >= 0.3 is 17.1 Å². The number of rotatable bonds is 0. The molecule has 7 heavy (non-hydrogen) atoms. The van der Waals surface area contributed by atoms with Crippen LogP contribution in [0.15, 0.2) is 24.5 Å². The van der Waals surface area contributed by atoms with Crippen LogP contribution in [0.2, 0.25) is 0 Å². The van der Waals surface area contributed by atoms with Gasteiger partial charge in [0.05, 0.1) is 6.26 Å². The van der Waals surface area contributed by atoms with Crippen molar-refractivity contribution in [3.8, 4) is 0 Å². The Hall–Kier alpha value is -0.201. The van der Waals surface area contributed by atoms with Gasteiger partial charge in [-0.2, -0.15) is 0 Å². The molecule has 0 saturated heterocycles. The van der Waals surface area contributed by atoms with Gasteiger partial charge in [0.15, 0.2) is 0 Å². The van der Waals surface area contributed by atoms with Gasteiger partial charge in [0, 0.05) is 0 Å². The van der Waals surface area contributed by atoms with E-state index in [1.54, 1.807) is 6.26 Å². The van der Waals surface area contributed by atoms with Crippen molar-refractivity contribution in [2.45, 2.75) is 0 Å². The van der Waals surface area contributed by atoms with E-state index < -0.39 is 0 Å². The molecule has 1 nitrogen and oxygen atoms in total. The standard InChI is InChI=1S/C5H6O.Mn/c1-2-4-6-5-3-1;/h1-4H,5H2;/q;+3. The van der Waals surface area contributed by atoms with Crippen LogP contribution in [0, 0.1) is 0 Å². The van der Waals surface area contributed by atoms with E-state index in [1.807, 2.05) is 18.2 Å². The molecule has 1 aliphatic rings. The normalized spacial score (nSPS) is 14.9. The molecule has 0 spiro atoms. The van der Waals surface area contributed by atoms with Crippen molar-refractivity contribution in [1.82, 2.24) is 0 Å². The van der Waals surface area contributed by atoms with Crippen LogP contribution >= 0.6 is 0 Å². The molecule has 0 bridgehead atoms. The van der Waals surface area contributed by atoms with E-state index in [0.29, 0.717) is 0 Å². The molecule has 0 amide bonds. The molecule has 0 aromatic carbocycles. The van der Waals surface area contributed by atoms with Crippen LogP contribution in [0.4, 0.5) is 0 Å². The second-order valence-electron chi connectivity index (χ2n) is 1.09. The Bertz CT molecular complexity index is 74.1. The molecule has 2 heteroatoms. The third-order valence-corrected chi connectivity index (χ3v) is 0.614. The Morgan fingerprint density at radius 2 is 2.14 bits per heavy atom. The van der Waals surface area contributed by atoms with Gasteiger partial charge < -0.3 is 4.74 Å². The molecule has 0 saturated carbocycles. The summed E-state index contributed by atoms with van der Waals surface area (Å²) in [7, 11) is 0. The smallest absolute Gasteiger partial charge is 0.497 e. The van der Waals surface area contributed by atoms with Crippen molar-refractivity contribution >= 4 is 0 Å². The summed E-state index contributed by atoms with van der Waals surface area (Å²) >= 11 is 0. The Morgan fingerprint density at radius 3 is 2.29 bits per heavy atom. The Morgan fingerprint density at radius 1 is 1.29 bits per heavy atom. The maximum Gasteiger partial charge on any atom is 3.00 e. The molecule has 1 rings (SSSR count). The first-order valence-corrected chi connectivity index (χ1v) is 1.93. The summed E-state index contributed by atoms with van der Waals surface area (Å²) in [6, 6.07) is 0. The molecule has 0 radical (unpaired) electrons. The summed E-state index contributed by atoms with van der Waals surface area (Å²) in [6.07, 6.45) is 7.47. The zero-order valence-corrected chi connectivity index (χ0v) is 4.98. The fraction of sp³-hybridized carbons (Fsp3) is 0.200. The molecule has 0 N–H and O–H groups in total. The van der Waals surface area contributed by atoms with E-state index in [9.17, 15) is 0 Å². The van der Waals surface area contributed by atoms with E-state index in [-0.39, 0.29) is 17.1 Å². The first-order valence-electron chi connectivity index (χ1n) is 1.93. The first kappa shape index (κ1) is 6.80. The third kappa shape index (κ3) is 2.49. The van der Waals surface area contributed by atoms with Crippen molar-refractivity contribution in [2.75, 3.05) is 6.61 Å². The minimum absolute atomic E-state index is 0. The van der Waals surface area contributed by atoms with E-state index >= 15 is 0 Å². The predicted octanol–water partition coefficient (Wildman–Crippen LogP) is 1.08. The van der Waals surface area contributed by atoms with E-state index in [0.717, 1.165) is 6.61 Å². The molecule has 0 aromatic rings. The number of ether oxygens (including phenoxy) is 1. The maximum absolute atomic E-state index is 4.80. The van der Waals surface area contributed by atoms with Crippen molar-refractivity contribution in [1.29, 1.82) is 0 Å². The third-order valence-electron chi connectivity index (χ3n) is 0.614. The Balaban J connectivity index is 0.000000360. The fourth-order valence-electron chi connectivity index (χ4n) is 0.346. The zero-order chi connectivity index (χ0) is 4.24. The van der Waals surface area contributed by atoms with Crippen LogP contribution < -0.4 is 0 Å². The topological polar surface area (TPSA) is 9.23 Å². The van der Waals surface area contributed by atoms with Gasteiger partial charge in [0.2, 0.25) is 0 Å². The summed E-state index contributed by atoms with van der Waals surface area (Å²) in [5.74, 6) is 0. The Labute approximate surface area is 53.5 Å². The van der Waals surface area contributed by atoms with Crippen LogP contribution in [-0.4, -0.2) is 6.61 Å². The number of hydrogen-bond acceptors (Lipinski definition) is 1. The largest absolute Gasteiger partial charge is 3.00 e. The van der Waals surface area contributed by atoms with E-state index in [2.05, 4.69) is 0 Å². The van der Waals surface area contributed by atoms with Gasteiger partial charge in [-0.3, -0.25) is 0 Å². The molecule has 0 atom stereocenters. The molecule has 1 heterocycles. The van der Waals surface area contributed by atoms with Crippen molar-refractivity contribution in [2.24, 2.45) is 0 Å². The minimum Gasteiger partial charge on any atom is -0.497 e. The molecular formula is C5H6MnO+3. The van der Waals surface area contributed by atoms with Crippen molar-refractivity contribution < 1.29 is 21.8 Å². The summed E-state index contributed by atoms with van der Waals surface area (Å²) in [4.78, 5) is 0. The molecule has 1 aliphatic heterocycles. The van der Waals surface area contributed by atoms with Gasteiger partial charge in [-0.1, -0.05) is 6.08 Å². The molecule has 0 unspecified atom stereocenters. The van der Waals surface area contributed by atoms with Crippen molar-refractivity contribution in [3.05, 3.63) is 24.5 Å². The van der Waals surface area contributed by atoms with Crippen molar-refractivity contribution in [3.63, 3.8) is 0 Å². The van der Waals surface area contributed by atoms with Gasteiger partial charge in [-0.05, 0) is 12.2 Å². The van der Waals surface area contributed by atoms with Crippen LogP contribution in [-0.2, 0) is 21.8 Å². The van der Waals surface area contributed by atoms with Gasteiger partial charge in [0.1, 0.15) is 6.61 Å². The number of hydrogen-bond donors (Lipinski definition) is 0. The quantitative estimate of drug-likeness (QED) is 0.454. The van der Waals surface area contributed by atoms with Gasteiger partial charge in [-0.15, -0.1) is 0 Å². The SMILES string of the molecule is C1=CCOC=C1.[Mn+3]. The summed E-state index contributed by atoms with van der Waals surface area (Å²) < 4.78 is 4.80.